The van der Waals surface area contributed by atoms with Gasteiger partial charge in [-0.15, -0.1) is 0 Å². The maximum absolute atomic E-state index is 11.3. The monoisotopic (exact) mass is 645 g/mol. The van der Waals surface area contributed by atoms with E-state index in [4.69, 9.17) is 15.7 Å². The fourth-order valence-electron chi connectivity index (χ4n) is 10.2. The maximum Gasteiger partial charge on any atom is 0.397 e. The second kappa shape index (κ2) is 16.2. The van der Waals surface area contributed by atoms with Gasteiger partial charge in [0.05, 0.1) is 6.10 Å². The van der Waals surface area contributed by atoms with E-state index in [1.807, 2.05) is 13.8 Å². The van der Waals surface area contributed by atoms with Crippen LogP contribution in [0.5, 0.6) is 0 Å². The molecule has 9 nitrogen and oxygen atoms in total. The van der Waals surface area contributed by atoms with E-state index in [0.717, 1.165) is 70.1 Å². The van der Waals surface area contributed by atoms with E-state index in [1.54, 1.807) is 0 Å². The zero-order chi connectivity index (χ0) is 32.8. The highest BCUT2D eigenvalue weighted by Crippen LogP contribution is 2.68. The Morgan fingerprint density at radius 3 is 2.14 bits per heavy atom. The molecule has 4 fully saturated rings. The zero-order valence-corrected chi connectivity index (χ0v) is 29.3. The predicted octanol–water partition coefficient (Wildman–Crippen LogP) is 5.25. The summed E-state index contributed by atoms with van der Waals surface area (Å²) in [6, 6.07) is 0. The molecular weight excluding hydrogens is 578 g/mol. The van der Waals surface area contributed by atoms with Crippen molar-refractivity contribution < 1.29 is 27.4 Å². The van der Waals surface area contributed by atoms with Crippen molar-refractivity contribution >= 4 is 10.4 Å². The van der Waals surface area contributed by atoms with Crippen molar-refractivity contribution in [2.45, 2.75) is 136 Å². The van der Waals surface area contributed by atoms with Crippen LogP contribution in [0.2, 0.25) is 0 Å². The smallest absolute Gasteiger partial charge is 0.366 e. The average molecular weight is 646 g/mol. The topological polar surface area (TPSA) is 168 Å². The van der Waals surface area contributed by atoms with E-state index in [0.29, 0.717) is 48.3 Å². The quantitative estimate of drug-likeness (QED) is 0.0840. The number of rotatable bonds is 14. The molecule has 0 saturated heterocycles. The molecule has 4 aliphatic carbocycles. The van der Waals surface area contributed by atoms with Crippen LogP contribution >= 0.6 is 0 Å². The largest absolute Gasteiger partial charge is 0.397 e. The molecule has 260 valence electrons. The van der Waals surface area contributed by atoms with Crippen molar-refractivity contribution in [2.24, 2.45) is 63.7 Å². The van der Waals surface area contributed by atoms with Crippen LogP contribution < -0.4 is 16.8 Å². The lowest BCUT2D eigenvalue weighted by Crippen LogP contribution is -2.56. The number of hydrogen-bond donors (Lipinski definition) is 6. The van der Waals surface area contributed by atoms with Crippen molar-refractivity contribution in [2.75, 3.05) is 26.2 Å². The standard InChI is InChI=1S/C27H48O6S.C7H19N3/c1-17(2)24(33-34(30,31)32)11-6-18(3)21-9-10-22-20-8-7-19-16-27(28,29)15-14-25(19,4)23(20)12-13-26(21,22)5;8-4-1-2-6-10-7-3-5-9/h17-24,28-29H,6-16H2,1-5H3,(H,30,31,32);10H,1-9H2/t18-,19+,20?,21-,22?,23?,24?,25+,26-;/m1./s1. The Balaban J connectivity index is 0.000000456. The van der Waals surface area contributed by atoms with Gasteiger partial charge in [-0.05, 0) is 155 Å². The Morgan fingerprint density at radius 2 is 1.50 bits per heavy atom. The molecule has 4 aliphatic rings. The summed E-state index contributed by atoms with van der Waals surface area (Å²) in [6.07, 6.45) is 13.8. The van der Waals surface area contributed by atoms with Gasteiger partial charge in [0, 0.05) is 12.8 Å². The minimum atomic E-state index is -4.43. The van der Waals surface area contributed by atoms with Crippen molar-refractivity contribution in [3.63, 3.8) is 0 Å². The molecule has 0 amide bonds. The highest BCUT2D eigenvalue weighted by molar-refractivity contribution is 7.80. The second-order valence-electron chi connectivity index (χ2n) is 15.8. The van der Waals surface area contributed by atoms with Crippen LogP contribution in [-0.4, -0.2) is 61.3 Å². The zero-order valence-electron chi connectivity index (χ0n) is 28.5. The molecule has 4 rings (SSSR count). The number of hydrogen-bond acceptors (Lipinski definition) is 8. The molecule has 0 aliphatic heterocycles. The van der Waals surface area contributed by atoms with Gasteiger partial charge in [0.25, 0.3) is 0 Å². The Bertz CT molecular complexity index is 972. The van der Waals surface area contributed by atoms with E-state index in [1.165, 1.54) is 38.5 Å². The summed E-state index contributed by atoms with van der Waals surface area (Å²) in [4.78, 5) is 0. The SMILES string of the molecule is CC(C)C(CC[C@@H](C)[C@H]1CCC2C3CC[C@H]4CC(O)(O)CC[C@]4(C)C3CC[C@@]21C)OS(=O)(=O)O.NCCCCNCCCN. The molecule has 0 aromatic carbocycles. The van der Waals surface area contributed by atoms with Crippen LogP contribution in [-0.2, 0) is 14.6 Å². The molecule has 44 heavy (non-hydrogen) atoms. The molecule has 4 unspecified atom stereocenters. The minimum absolute atomic E-state index is 0.0273. The predicted molar refractivity (Wildman–Crippen MR) is 177 cm³/mol. The van der Waals surface area contributed by atoms with Crippen LogP contribution in [0.25, 0.3) is 0 Å². The molecular formula is C34H67N3O6S. The summed E-state index contributed by atoms with van der Waals surface area (Å²) in [6.45, 7) is 14.9. The highest BCUT2D eigenvalue weighted by Gasteiger charge is 2.61. The van der Waals surface area contributed by atoms with Gasteiger partial charge < -0.3 is 27.0 Å². The summed E-state index contributed by atoms with van der Waals surface area (Å²) >= 11 is 0. The fraction of sp³-hybridized carbons (Fsp3) is 1.00. The highest BCUT2D eigenvalue weighted by atomic mass is 32.3. The van der Waals surface area contributed by atoms with E-state index in [2.05, 4.69) is 26.1 Å². The fourth-order valence-corrected chi connectivity index (χ4v) is 10.9. The lowest BCUT2D eigenvalue weighted by molar-refractivity contribution is -0.233. The van der Waals surface area contributed by atoms with Gasteiger partial charge in [0.15, 0.2) is 5.79 Å². The number of fused-ring (bicyclic) bond motifs is 5. The molecule has 0 spiro atoms. The molecule has 10 heteroatoms. The molecule has 0 aromatic heterocycles. The van der Waals surface area contributed by atoms with E-state index in [-0.39, 0.29) is 11.3 Å². The lowest BCUT2D eigenvalue weighted by atomic mass is 9.44. The number of nitrogens with two attached hydrogens (primary N) is 2. The van der Waals surface area contributed by atoms with E-state index in [9.17, 15) is 23.2 Å². The van der Waals surface area contributed by atoms with Crippen molar-refractivity contribution in [1.82, 2.24) is 5.32 Å². The van der Waals surface area contributed by atoms with Crippen LogP contribution in [0, 0.1) is 52.3 Å². The molecule has 8 N–H and O–H groups in total. The van der Waals surface area contributed by atoms with Gasteiger partial charge in [-0.2, -0.15) is 8.42 Å². The summed E-state index contributed by atoms with van der Waals surface area (Å²) in [5.41, 5.74) is 11.2. The number of aliphatic hydroxyl groups is 2. The van der Waals surface area contributed by atoms with E-state index < -0.39 is 22.3 Å². The minimum Gasteiger partial charge on any atom is -0.366 e. The van der Waals surface area contributed by atoms with Crippen LogP contribution in [0.4, 0.5) is 0 Å². The first-order chi connectivity index (χ1) is 20.6. The van der Waals surface area contributed by atoms with Gasteiger partial charge in [-0.25, -0.2) is 4.18 Å². The molecule has 9 atom stereocenters. The average Bonchev–Trinajstić information content (AvgIpc) is 3.30. The summed E-state index contributed by atoms with van der Waals surface area (Å²) in [5.74, 6) is 2.28. The number of unbranched alkanes of at least 4 members (excludes halogenated alkanes) is 1. The summed E-state index contributed by atoms with van der Waals surface area (Å²) in [5, 5.41) is 23.9. The van der Waals surface area contributed by atoms with Crippen molar-refractivity contribution in [3.8, 4) is 0 Å². The normalized spacial score (nSPS) is 36.0. The van der Waals surface area contributed by atoms with Crippen LogP contribution in [0.1, 0.15) is 125 Å². The first-order valence-electron chi connectivity index (χ1n) is 17.8. The van der Waals surface area contributed by atoms with Crippen molar-refractivity contribution in [3.05, 3.63) is 0 Å². The molecule has 0 heterocycles. The van der Waals surface area contributed by atoms with Crippen molar-refractivity contribution in [1.29, 1.82) is 0 Å². The second-order valence-corrected chi connectivity index (χ2v) is 16.9. The van der Waals surface area contributed by atoms with E-state index >= 15 is 0 Å². The van der Waals surface area contributed by atoms with Gasteiger partial charge in [0.2, 0.25) is 0 Å². The van der Waals surface area contributed by atoms with Gasteiger partial charge in [-0.3, -0.25) is 4.55 Å². The third kappa shape index (κ3) is 9.61. The Morgan fingerprint density at radius 1 is 0.841 bits per heavy atom. The molecule has 0 aromatic rings. The molecule has 0 radical (unpaired) electrons. The van der Waals surface area contributed by atoms with Gasteiger partial charge in [0.1, 0.15) is 0 Å². The summed E-state index contributed by atoms with van der Waals surface area (Å²) < 4.78 is 36.7. The molecule has 4 saturated carbocycles. The Hall–Kier alpha value is -0.330. The van der Waals surface area contributed by atoms with Crippen LogP contribution in [0.15, 0.2) is 0 Å². The Kier molecular flexibility index (Phi) is 14.0. The van der Waals surface area contributed by atoms with Gasteiger partial charge in [-0.1, -0.05) is 34.6 Å². The summed E-state index contributed by atoms with van der Waals surface area (Å²) in [7, 11) is -4.43. The Labute approximate surface area is 269 Å². The third-order valence-corrected chi connectivity index (χ3v) is 13.2. The lowest BCUT2D eigenvalue weighted by Gasteiger charge is -2.61. The third-order valence-electron chi connectivity index (χ3n) is 12.7. The first-order valence-corrected chi connectivity index (χ1v) is 19.2. The maximum atomic E-state index is 11.3. The molecule has 0 bridgehead atoms. The van der Waals surface area contributed by atoms with Gasteiger partial charge >= 0.3 is 10.4 Å². The number of nitrogens with one attached hydrogen (secondary N) is 1. The van der Waals surface area contributed by atoms with Crippen LogP contribution in [0.3, 0.4) is 0 Å². The first kappa shape index (κ1) is 38.1.